The third-order valence-corrected chi connectivity index (χ3v) is 2.69. The van der Waals surface area contributed by atoms with Crippen LogP contribution in [0, 0.1) is 5.82 Å². The van der Waals surface area contributed by atoms with Gasteiger partial charge in [-0.15, -0.1) is 8.78 Å². The Morgan fingerprint density at radius 2 is 1.93 bits per heavy atom. The van der Waals surface area contributed by atoms with Crippen LogP contribution in [0.1, 0.15) is 0 Å². The van der Waals surface area contributed by atoms with Crippen molar-refractivity contribution in [3.63, 3.8) is 0 Å². The third kappa shape index (κ3) is 2.57. The van der Waals surface area contributed by atoms with E-state index in [0.29, 0.717) is 18.3 Å². The minimum atomic E-state index is -4.69. The molecule has 0 aliphatic carbocycles. The minimum Gasteiger partial charge on any atom is -0.605 e. The topological polar surface area (TPSA) is 36.0 Å². The van der Waals surface area contributed by atoms with Gasteiger partial charge in [0.25, 0.3) is 5.03 Å². The monoisotopic (exact) mass is 245 g/mol. The zero-order chi connectivity index (χ0) is 11.6. The molecule has 0 radical (unpaired) electrons. The molecule has 0 spiro atoms. The van der Waals surface area contributed by atoms with Gasteiger partial charge in [-0.25, -0.2) is 9.37 Å². The van der Waals surface area contributed by atoms with E-state index < -0.39 is 33.7 Å². The number of hydrogen-bond acceptors (Lipinski definition) is 2. The van der Waals surface area contributed by atoms with Gasteiger partial charge in [0.05, 0.1) is 17.4 Å². The summed E-state index contributed by atoms with van der Waals surface area (Å²) >= 11 is -3.29. The minimum absolute atomic E-state index is 0.523. The fourth-order valence-electron chi connectivity index (χ4n) is 0.692. The average molecular weight is 245 g/mol. The predicted octanol–water partition coefficient (Wildman–Crippen LogP) is 2.19. The summed E-state index contributed by atoms with van der Waals surface area (Å²) < 4.78 is 71.9. The highest BCUT2D eigenvalue weighted by atomic mass is 32.2. The molecule has 0 aromatic carbocycles. The molecule has 0 amide bonds. The maximum Gasteiger partial charge on any atom is 0.474 e. The van der Waals surface area contributed by atoms with Gasteiger partial charge >= 0.3 is 11.7 Å². The van der Waals surface area contributed by atoms with Crippen LogP contribution in [0.3, 0.4) is 0 Å². The van der Waals surface area contributed by atoms with Crippen LogP contribution in [0.2, 0.25) is 0 Å². The molecule has 1 rings (SSSR count). The van der Waals surface area contributed by atoms with Crippen LogP contribution in [0.4, 0.5) is 22.0 Å². The van der Waals surface area contributed by atoms with Gasteiger partial charge in [-0.05, 0) is 6.07 Å². The Labute approximate surface area is 84.3 Å². The van der Waals surface area contributed by atoms with Crippen molar-refractivity contribution in [3.05, 3.63) is 24.1 Å². The first-order valence-corrected chi connectivity index (χ1v) is 4.70. The second kappa shape index (κ2) is 4.31. The smallest absolute Gasteiger partial charge is 0.474 e. The van der Waals surface area contributed by atoms with Crippen molar-refractivity contribution < 1.29 is 26.5 Å². The van der Waals surface area contributed by atoms with E-state index in [0.717, 1.165) is 0 Å². The van der Waals surface area contributed by atoms with E-state index in [-0.39, 0.29) is 0 Å². The fraction of sp³-hybridized carbons (Fsp3) is 0.286. The van der Waals surface area contributed by atoms with E-state index in [1.54, 1.807) is 0 Å². The van der Waals surface area contributed by atoms with Crippen LogP contribution in [0.15, 0.2) is 23.4 Å². The Kier molecular flexibility index (Phi) is 3.50. The molecule has 84 valence electrons. The molecule has 0 N–H and O–H groups in total. The largest absolute Gasteiger partial charge is 0.605 e. The Balaban J connectivity index is 2.94. The molecule has 2 nitrogen and oxygen atoms in total. The van der Waals surface area contributed by atoms with Crippen LogP contribution in [-0.2, 0) is 11.2 Å². The van der Waals surface area contributed by atoms with E-state index >= 15 is 0 Å². The van der Waals surface area contributed by atoms with Crippen molar-refractivity contribution in [2.75, 3.05) is 0 Å². The van der Waals surface area contributed by atoms with Gasteiger partial charge in [0.2, 0.25) is 0 Å². The Hall–Kier alpha value is -0.890. The van der Waals surface area contributed by atoms with E-state index in [9.17, 15) is 26.5 Å². The first-order chi connectivity index (χ1) is 6.85. The average Bonchev–Trinajstić information content (AvgIpc) is 2.17. The van der Waals surface area contributed by atoms with Gasteiger partial charge < -0.3 is 4.55 Å². The number of pyridine rings is 1. The summed E-state index contributed by atoms with van der Waals surface area (Å²) in [5.74, 6) is -0.837. The van der Waals surface area contributed by atoms with Crippen molar-refractivity contribution >= 4 is 11.2 Å². The molecular weight excluding hydrogens is 241 g/mol. The maximum atomic E-state index is 12.5. The second-order valence-corrected chi connectivity index (χ2v) is 3.95. The van der Waals surface area contributed by atoms with Crippen LogP contribution >= 0.6 is 0 Å². The highest BCUT2D eigenvalue weighted by Gasteiger charge is 2.55. The normalized spacial score (nSPS) is 14.3. The molecule has 1 aromatic heterocycles. The lowest BCUT2D eigenvalue weighted by Crippen LogP contribution is -2.36. The standard InChI is InChI=1S/C7H4F5NOS/c8-4-1-2-5(13-3-4)15(14)7(11,12)6(9)10/h1-3,6H. The lowest BCUT2D eigenvalue weighted by molar-refractivity contribution is -0.0638. The Morgan fingerprint density at radius 3 is 2.33 bits per heavy atom. The molecule has 1 atom stereocenters. The number of rotatable bonds is 3. The number of halogens is 5. The lowest BCUT2D eigenvalue weighted by Gasteiger charge is -2.17. The maximum absolute atomic E-state index is 12.5. The molecule has 0 aliphatic heterocycles. The SMILES string of the molecule is [O-][S+](c1ccc(F)cn1)C(F)(F)C(F)F. The zero-order valence-electron chi connectivity index (χ0n) is 6.96. The Bertz CT molecular complexity index is 331. The molecule has 0 saturated carbocycles. The van der Waals surface area contributed by atoms with E-state index in [1.807, 2.05) is 0 Å². The van der Waals surface area contributed by atoms with Crippen molar-refractivity contribution in [2.45, 2.75) is 16.7 Å². The van der Waals surface area contributed by atoms with Gasteiger partial charge in [-0.1, -0.05) is 0 Å². The number of aromatic nitrogens is 1. The van der Waals surface area contributed by atoms with Crippen molar-refractivity contribution in [1.82, 2.24) is 4.98 Å². The molecule has 1 heterocycles. The van der Waals surface area contributed by atoms with Crippen LogP contribution < -0.4 is 0 Å². The van der Waals surface area contributed by atoms with Crippen LogP contribution in [0.5, 0.6) is 0 Å². The molecule has 0 saturated heterocycles. The quantitative estimate of drug-likeness (QED) is 0.604. The molecule has 0 bridgehead atoms. The zero-order valence-corrected chi connectivity index (χ0v) is 7.78. The van der Waals surface area contributed by atoms with E-state index in [4.69, 9.17) is 0 Å². The van der Waals surface area contributed by atoms with Gasteiger partial charge in [-0.3, -0.25) is 0 Å². The second-order valence-electron chi connectivity index (χ2n) is 2.45. The van der Waals surface area contributed by atoms with Crippen LogP contribution in [0.25, 0.3) is 0 Å². The highest BCUT2D eigenvalue weighted by molar-refractivity contribution is 7.92. The highest BCUT2D eigenvalue weighted by Crippen LogP contribution is 2.33. The van der Waals surface area contributed by atoms with Gasteiger partial charge in [-0.2, -0.15) is 8.78 Å². The molecular formula is C7H4F5NOS. The van der Waals surface area contributed by atoms with Crippen molar-refractivity contribution in [2.24, 2.45) is 0 Å². The summed E-state index contributed by atoms with van der Waals surface area (Å²) in [6, 6.07) is 1.38. The van der Waals surface area contributed by atoms with Crippen LogP contribution in [-0.4, -0.2) is 21.2 Å². The summed E-state index contributed by atoms with van der Waals surface area (Å²) in [5.41, 5.74) is 0. The fourth-order valence-corrected chi connectivity index (χ4v) is 1.47. The number of alkyl halides is 4. The molecule has 15 heavy (non-hydrogen) atoms. The number of nitrogens with zero attached hydrogens (tertiary/aromatic N) is 1. The Morgan fingerprint density at radius 1 is 1.33 bits per heavy atom. The lowest BCUT2D eigenvalue weighted by atomic mass is 10.5. The molecule has 0 fully saturated rings. The summed E-state index contributed by atoms with van der Waals surface area (Å²) in [6.45, 7) is 0. The van der Waals surface area contributed by atoms with Gasteiger partial charge in [0.15, 0.2) is 0 Å². The molecule has 0 aliphatic rings. The number of hydrogen-bond donors (Lipinski definition) is 0. The predicted molar refractivity (Wildman–Crippen MR) is 41.6 cm³/mol. The third-order valence-electron chi connectivity index (χ3n) is 1.39. The first kappa shape index (κ1) is 12.2. The van der Waals surface area contributed by atoms with Crippen molar-refractivity contribution in [1.29, 1.82) is 0 Å². The molecule has 8 heteroatoms. The summed E-state index contributed by atoms with van der Waals surface area (Å²) in [7, 11) is 0. The van der Waals surface area contributed by atoms with Gasteiger partial charge in [0, 0.05) is 6.07 Å². The summed E-state index contributed by atoms with van der Waals surface area (Å²) in [5, 5.41) is -5.48. The van der Waals surface area contributed by atoms with Crippen molar-refractivity contribution in [3.8, 4) is 0 Å². The summed E-state index contributed by atoms with van der Waals surface area (Å²) in [6.07, 6.45) is -3.54. The van der Waals surface area contributed by atoms with Gasteiger partial charge in [0.1, 0.15) is 5.82 Å². The molecule has 1 aromatic rings. The van der Waals surface area contributed by atoms with E-state index in [1.165, 1.54) is 0 Å². The molecule has 1 unspecified atom stereocenters. The first-order valence-electron chi connectivity index (χ1n) is 3.55. The summed E-state index contributed by atoms with van der Waals surface area (Å²) in [4.78, 5) is 3.04. The van der Waals surface area contributed by atoms with E-state index in [2.05, 4.69) is 4.98 Å².